The highest BCUT2D eigenvalue weighted by Crippen LogP contribution is 2.27. The zero-order chi connectivity index (χ0) is 15.5. The third-order valence-electron chi connectivity index (χ3n) is 3.88. The summed E-state index contributed by atoms with van der Waals surface area (Å²) in [4.78, 5) is -0.490. The lowest BCUT2D eigenvalue weighted by Crippen LogP contribution is -2.27. The fourth-order valence-corrected chi connectivity index (χ4v) is 4.19. The third kappa shape index (κ3) is 4.31. The molecule has 0 saturated heterocycles. The number of halogens is 2. The van der Waals surface area contributed by atoms with Crippen LogP contribution in [0.5, 0.6) is 0 Å². The van der Waals surface area contributed by atoms with Gasteiger partial charge < -0.3 is 5.73 Å². The lowest BCUT2D eigenvalue weighted by Gasteiger charge is -2.21. The second-order valence-corrected chi connectivity index (χ2v) is 7.65. The van der Waals surface area contributed by atoms with E-state index in [0.717, 1.165) is 25.3 Å². The van der Waals surface area contributed by atoms with Gasteiger partial charge in [0.15, 0.2) is 5.82 Å². The Morgan fingerprint density at radius 2 is 1.95 bits per heavy atom. The van der Waals surface area contributed by atoms with Crippen molar-refractivity contribution in [3.63, 3.8) is 0 Å². The predicted octanol–water partition coefficient (Wildman–Crippen LogP) is 3.31. The molecule has 1 aliphatic carbocycles. The number of sulfonamides is 1. The van der Waals surface area contributed by atoms with E-state index in [1.54, 1.807) is 0 Å². The van der Waals surface area contributed by atoms with Gasteiger partial charge >= 0.3 is 0 Å². The molecule has 0 unspecified atom stereocenters. The summed E-state index contributed by atoms with van der Waals surface area (Å²) in [5, 5.41) is -0.289. The Morgan fingerprint density at radius 3 is 2.62 bits per heavy atom. The topological polar surface area (TPSA) is 72.2 Å². The molecule has 21 heavy (non-hydrogen) atoms. The maximum atomic E-state index is 13.9. The Balaban J connectivity index is 2.01. The average Bonchev–Trinajstić information content (AvgIpc) is 2.43. The van der Waals surface area contributed by atoms with Gasteiger partial charge in [-0.15, -0.1) is 0 Å². The molecule has 1 aliphatic rings. The van der Waals surface area contributed by atoms with E-state index in [4.69, 9.17) is 17.3 Å². The minimum atomic E-state index is -3.93. The summed E-state index contributed by atoms with van der Waals surface area (Å²) < 4.78 is 40.6. The van der Waals surface area contributed by atoms with Gasteiger partial charge in [-0.3, -0.25) is 0 Å². The standard InChI is InChI=1S/C14H20ClFN2O2S/c15-12-8-11(17)9-13(14(12)16)21(19,20)18-7-6-10-4-2-1-3-5-10/h8-10,18H,1-7,17H2. The van der Waals surface area contributed by atoms with Crippen LogP contribution in [0.15, 0.2) is 17.0 Å². The number of nitrogens with two attached hydrogens (primary N) is 1. The maximum absolute atomic E-state index is 13.9. The Bertz CT molecular complexity index is 601. The van der Waals surface area contributed by atoms with Crippen LogP contribution >= 0.6 is 11.6 Å². The number of benzene rings is 1. The van der Waals surface area contributed by atoms with Gasteiger partial charge in [0.25, 0.3) is 0 Å². The Kier molecular flexibility index (Phi) is 5.46. The van der Waals surface area contributed by atoms with E-state index < -0.39 is 20.7 Å². The summed E-state index contributed by atoms with van der Waals surface area (Å²) in [6.45, 7) is 0.304. The Hall–Kier alpha value is -0.850. The fraction of sp³-hybridized carbons (Fsp3) is 0.571. The first-order valence-corrected chi connectivity index (χ1v) is 9.00. The normalized spacial score (nSPS) is 17.0. The van der Waals surface area contributed by atoms with E-state index in [1.807, 2.05) is 0 Å². The number of rotatable bonds is 5. The summed E-state index contributed by atoms with van der Waals surface area (Å²) >= 11 is 5.63. The van der Waals surface area contributed by atoms with E-state index >= 15 is 0 Å². The predicted molar refractivity (Wildman–Crippen MR) is 82.2 cm³/mol. The summed E-state index contributed by atoms with van der Waals surface area (Å²) in [6, 6.07) is 2.28. The zero-order valence-corrected chi connectivity index (χ0v) is 13.3. The lowest BCUT2D eigenvalue weighted by molar-refractivity contribution is 0.339. The molecule has 0 atom stereocenters. The first-order chi connectivity index (χ1) is 9.90. The van der Waals surface area contributed by atoms with Gasteiger partial charge in [0.05, 0.1) is 5.02 Å². The third-order valence-corrected chi connectivity index (χ3v) is 5.61. The van der Waals surface area contributed by atoms with Crippen LogP contribution in [0, 0.1) is 11.7 Å². The zero-order valence-electron chi connectivity index (χ0n) is 11.7. The monoisotopic (exact) mass is 334 g/mol. The first-order valence-electron chi connectivity index (χ1n) is 7.14. The molecule has 4 nitrogen and oxygen atoms in total. The summed E-state index contributed by atoms with van der Waals surface area (Å²) in [7, 11) is -3.93. The van der Waals surface area contributed by atoms with Gasteiger partial charge in [-0.2, -0.15) is 0 Å². The van der Waals surface area contributed by atoms with E-state index in [0.29, 0.717) is 12.5 Å². The molecular weight excluding hydrogens is 315 g/mol. The molecule has 1 fully saturated rings. The van der Waals surface area contributed by atoms with Crippen LogP contribution < -0.4 is 10.5 Å². The Morgan fingerprint density at radius 1 is 1.29 bits per heavy atom. The molecule has 0 heterocycles. The van der Waals surface area contributed by atoms with Crippen molar-refractivity contribution < 1.29 is 12.8 Å². The molecule has 118 valence electrons. The number of anilines is 1. The number of hydrogen-bond acceptors (Lipinski definition) is 3. The highest BCUT2D eigenvalue weighted by molar-refractivity contribution is 7.89. The molecule has 1 saturated carbocycles. The molecule has 1 aromatic rings. The van der Waals surface area contributed by atoms with Crippen molar-refractivity contribution in [3.05, 3.63) is 23.0 Å². The first kappa shape index (κ1) is 16.5. The number of hydrogen-bond donors (Lipinski definition) is 2. The van der Waals surface area contributed by atoms with E-state index in [9.17, 15) is 12.8 Å². The quantitative estimate of drug-likeness (QED) is 0.811. The van der Waals surface area contributed by atoms with Gasteiger partial charge in [-0.1, -0.05) is 43.7 Å². The molecule has 3 N–H and O–H groups in total. The number of nitrogen functional groups attached to an aromatic ring is 1. The van der Waals surface area contributed by atoms with Crippen molar-refractivity contribution in [3.8, 4) is 0 Å². The molecule has 1 aromatic carbocycles. The largest absolute Gasteiger partial charge is 0.399 e. The van der Waals surface area contributed by atoms with Crippen molar-refractivity contribution >= 4 is 27.3 Å². The van der Waals surface area contributed by atoms with Crippen LogP contribution in [0.3, 0.4) is 0 Å². The van der Waals surface area contributed by atoms with Crippen LogP contribution in [-0.4, -0.2) is 15.0 Å². The van der Waals surface area contributed by atoms with Crippen LogP contribution in [-0.2, 0) is 10.0 Å². The van der Waals surface area contributed by atoms with Crippen LogP contribution in [0.1, 0.15) is 38.5 Å². The molecule has 0 radical (unpaired) electrons. The van der Waals surface area contributed by atoms with Crippen molar-refractivity contribution in [2.75, 3.05) is 12.3 Å². The molecule has 7 heteroatoms. The van der Waals surface area contributed by atoms with Crippen LogP contribution in [0.4, 0.5) is 10.1 Å². The van der Waals surface area contributed by atoms with Crippen LogP contribution in [0.2, 0.25) is 5.02 Å². The molecule has 0 aliphatic heterocycles. The minimum absolute atomic E-state index is 0.119. The highest BCUT2D eigenvalue weighted by Gasteiger charge is 2.22. The minimum Gasteiger partial charge on any atom is -0.399 e. The van der Waals surface area contributed by atoms with Gasteiger partial charge in [-0.05, 0) is 24.5 Å². The fourth-order valence-electron chi connectivity index (χ4n) is 2.73. The van der Waals surface area contributed by atoms with E-state index in [1.165, 1.54) is 25.3 Å². The van der Waals surface area contributed by atoms with Crippen molar-refractivity contribution in [1.82, 2.24) is 4.72 Å². The second kappa shape index (κ2) is 6.94. The van der Waals surface area contributed by atoms with Gasteiger partial charge in [0, 0.05) is 12.2 Å². The smallest absolute Gasteiger partial charge is 0.243 e. The SMILES string of the molecule is Nc1cc(Cl)c(F)c(S(=O)(=O)NCCC2CCCCC2)c1. The molecular formula is C14H20ClFN2O2S. The van der Waals surface area contributed by atoms with Crippen molar-refractivity contribution in [2.45, 2.75) is 43.4 Å². The maximum Gasteiger partial charge on any atom is 0.243 e. The van der Waals surface area contributed by atoms with Crippen LogP contribution in [0.25, 0.3) is 0 Å². The molecule has 0 aromatic heterocycles. The summed E-state index contributed by atoms with van der Waals surface area (Å²) in [5.41, 5.74) is 5.65. The van der Waals surface area contributed by atoms with Gasteiger partial charge in [0.1, 0.15) is 4.90 Å². The Labute approximate surface area is 129 Å². The second-order valence-electron chi connectivity index (χ2n) is 5.51. The highest BCUT2D eigenvalue weighted by atomic mass is 35.5. The van der Waals surface area contributed by atoms with E-state index in [-0.39, 0.29) is 10.7 Å². The molecule has 0 amide bonds. The van der Waals surface area contributed by atoms with Gasteiger partial charge in [0.2, 0.25) is 10.0 Å². The van der Waals surface area contributed by atoms with Crippen molar-refractivity contribution in [1.29, 1.82) is 0 Å². The van der Waals surface area contributed by atoms with Crippen molar-refractivity contribution in [2.24, 2.45) is 5.92 Å². The lowest BCUT2D eigenvalue weighted by atomic mass is 9.87. The van der Waals surface area contributed by atoms with Gasteiger partial charge in [-0.25, -0.2) is 17.5 Å². The number of nitrogens with one attached hydrogen (secondary N) is 1. The summed E-state index contributed by atoms with van der Waals surface area (Å²) in [5.74, 6) is -0.410. The molecule has 2 rings (SSSR count). The molecule has 0 spiro atoms. The summed E-state index contributed by atoms with van der Waals surface area (Å²) in [6.07, 6.45) is 6.72. The molecule has 0 bridgehead atoms. The average molecular weight is 335 g/mol. The van der Waals surface area contributed by atoms with E-state index in [2.05, 4.69) is 4.72 Å².